The smallest absolute Gasteiger partial charge is 0.306 e. The molecule has 6 nitrogen and oxygen atoms in total. The van der Waals surface area contributed by atoms with E-state index in [0.29, 0.717) is 30.6 Å². The van der Waals surface area contributed by atoms with Crippen molar-refractivity contribution < 1.29 is 19.0 Å². The molecule has 126 valence electrons. The van der Waals surface area contributed by atoms with Crippen LogP contribution in [0.5, 0.6) is 5.88 Å². The van der Waals surface area contributed by atoms with Crippen LogP contribution in [0.3, 0.4) is 0 Å². The second-order valence-corrected chi connectivity index (χ2v) is 6.40. The fraction of sp³-hybridized carbons (Fsp3) is 0.467. The average molecular weight is 341 g/mol. The van der Waals surface area contributed by atoms with Crippen molar-refractivity contribution in [2.24, 2.45) is 11.7 Å². The molecule has 0 unspecified atom stereocenters. The Labute approximate surface area is 138 Å². The van der Waals surface area contributed by atoms with Crippen molar-refractivity contribution >= 4 is 17.9 Å². The monoisotopic (exact) mass is 341 g/mol. The lowest BCUT2D eigenvalue weighted by molar-refractivity contribution is -0.142. The number of piperidine rings is 1. The summed E-state index contributed by atoms with van der Waals surface area (Å²) < 4.78 is 19.9. The summed E-state index contributed by atoms with van der Waals surface area (Å²) >= 11 is 1.55. The highest BCUT2D eigenvalue weighted by molar-refractivity contribution is 7.97. The Balaban J connectivity index is 1.80. The van der Waals surface area contributed by atoms with Crippen LogP contribution in [0.2, 0.25) is 0 Å². The first-order valence-corrected chi connectivity index (χ1v) is 8.12. The van der Waals surface area contributed by atoms with Crippen LogP contribution in [0.1, 0.15) is 12.8 Å². The summed E-state index contributed by atoms with van der Waals surface area (Å²) in [5.74, 6) is -0.537. The first-order valence-electron chi connectivity index (χ1n) is 7.35. The van der Waals surface area contributed by atoms with E-state index < -0.39 is 5.97 Å². The third-order valence-corrected chi connectivity index (χ3v) is 4.64. The Hall–Kier alpha value is -1.64. The Morgan fingerprint density at radius 3 is 2.78 bits per heavy atom. The van der Waals surface area contributed by atoms with E-state index in [4.69, 9.17) is 15.6 Å². The fourth-order valence-electron chi connectivity index (χ4n) is 2.15. The van der Waals surface area contributed by atoms with Crippen molar-refractivity contribution in [3.8, 4) is 5.88 Å². The van der Waals surface area contributed by atoms with E-state index in [1.165, 1.54) is 0 Å². The van der Waals surface area contributed by atoms with E-state index in [9.17, 15) is 9.18 Å². The van der Waals surface area contributed by atoms with Crippen LogP contribution in [0.25, 0.3) is 0 Å². The zero-order valence-electron chi connectivity index (χ0n) is 12.7. The number of carboxylic acids is 1. The molecule has 0 atom stereocenters. The van der Waals surface area contributed by atoms with Crippen molar-refractivity contribution in [2.75, 3.05) is 26.2 Å². The van der Waals surface area contributed by atoms with Gasteiger partial charge in [0, 0.05) is 42.4 Å². The van der Waals surface area contributed by atoms with E-state index in [2.05, 4.69) is 9.29 Å². The lowest BCUT2D eigenvalue weighted by atomic mass is 9.99. The minimum Gasteiger partial charge on any atom is -0.481 e. The molecule has 1 aromatic rings. The highest BCUT2D eigenvalue weighted by atomic mass is 32.2. The average Bonchev–Trinajstić information content (AvgIpc) is 2.58. The van der Waals surface area contributed by atoms with Gasteiger partial charge in [0.2, 0.25) is 5.88 Å². The summed E-state index contributed by atoms with van der Waals surface area (Å²) in [5, 5.41) is 8.99. The molecule has 0 spiro atoms. The van der Waals surface area contributed by atoms with Crippen LogP contribution in [0.15, 0.2) is 35.1 Å². The number of aliphatic carboxylic acids is 1. The molecule has 23 heavy (non-hydrogen) atoms. The van der Waals surface area contributed by atoms with Crippen LogP contribution in [-0.2, 0) is 4.79 Å². The molecule has 3 N–H and O–H groups in total. The second kappa shape index (κ2) is 8.85. The van der Waals surface area contributed by atoms with Gasteiger partial charge in [-0.15, -0.1) is 0 Å². The van der Waals surface area contributed by atoms with Crippen molar-refractivity contribution in [1.82, 2.24) is 9.29 Å². The first kappa shape index (κ1) is 17.7. The predicted molar refractivity (Wildman–Crippen MR) is 85.8 cm³/mol. The quantitative estimate of drug-likeness (QED) is 0.734. The largest absolute Gasteiger partial charge is 0.481 e. The highest BCUT2D eigenvalue weighted by Crippen LogP contribution is 2.28. The van der Waals surface area contributed by atoms with Gasteiger partial charge in [0.1, 0.15) is 6.61 Å². The SMILES string of the molecule is NC/C(=C/F)COc1ccc(SN2CCC(C(=O)O)CC2)cn1. The third-order valence-electron chi connectivity index (χ3n) is 3.57. The molecule has 0 aromatic carbocycles. The number of nitrogens with zero attached hydrogens (tertiary/aromatic N) is 2. The molecule has 0 radical (unpaired) electrons. The first-order chi connectivity index (χ1) is 11.1. The van der Waals surface area contributed by atoms with Crippen molar-refractivity contribution in [3.05, 3.63) is 30.2 Å². The molecule has 2 heterocycles. The van der Waals surface area contributed by atoms with Gasteiger partial charge in [-0.25, -0.2) is 13.7 Å². The van der Waals surface area contributed by atoms with E-state index in [-0.39, 0.29) is 19.1 Å². The maximum absolute atomic E-state index is 12.4. The van der Waals surface area contributed by atoms with Crippen molar-refractivity contribution in [2.45, 2.75) is 17.7 Å². The van der Waals surface area contributed by atoms with E-state index in [0.717, 1.165) is 18.0 Å². The number of carbonyl (C=O) groups is 1. The number of nitrogens with two attached hydrogens (primary N) is 1. The molecule has 8 heteroatoms. The molecule has 2 rings (SSSR count). The van der Waals surface area contributed by atoms with Gasteiger partial charge in [-0.1, -0.05) is 0 Å². The molecule has 1 aliphatic rings. The van der Waals surface area contributed by atoms with Crippen LogP contribution < -0.4 is 10.5 Å². The number of ether oxygens (including phenoxy) is 1. The molecule has 1 fully saturated rings. The van der Waals surface area contributed by atoms with Gasteiger partial charge in [0.05, 0.1) is 12.2 Å². The van der Waals surface area contributed by atoms with Crippen LogP contribution in [0, 0.1) is 5.92 Å². The molecule has 1 aliphatic heterocycles. The van der Waals surface area contributed by atoms with E-state index in [1.807, 2.05) is 6.07 Å². The summed E-state index contributed by atoms with van der Waals surface area (Å²) in [6.45, 7) is 1.66. The Kier molecular flexibility index (Phi) is 6.82. The van der Waals surface area contributed by atoms with Gasteiger partial charge in [0.25, 0.3) is 0 Å². The molecular formula is C15H20FN3O3S. The van der Waals surface area contributed by atoms with Gasteiger partial charge >= 0.3 is 5.97 Å². The van der Waals surface area contributed by atoms with Gasteiger partial charge in [0.15, 0.2) is 0 Å². The number of halogens is 1. The molecule has 1 saturated heterocycles. The lowest BCUT2D eigenvalue weighted by Crippen LogP contribution is -2.32. The zero-order valence-corrected chi connectivity index (χ0v) is 13.5. The summed E-state index contributed by atoms with van der Waals surface area (Å²) in [5.41, 5.74) is 5.72. The Bertz CT molecular complexity index is 545. The van der Waals surface area contributed by atoms with Crippen LogP contribution >= 0.6 is 11.9 Å². The Morgan fingerprint density at radius 2 is 2.26 bits per heavy atom. The van der Waals surface area contributed by atoms with Crippen LogP contribution in [0.4, 0.5) is 4.39 Å². The molecule has 0 saturated carbocycles. The minimum atomic E-state index is -0.711. The summed E-state index contributed by atoms with van der Waals surface area (Å²) in [7, 11) is 0. The molecule has 1 aromatic heterocycles. The lowest BCUT2D eigenvalue weighted by Gasteiger charge is -2.28. The van der Waals surface area contributed by atoms with Gasteiger partial charge in [-0.2, -0.15) is 0 Å². The van der Waals surface area contributed by atoms with Crippen molar-refractivity contribution in [3.63, 3.8) is 0 Å². The predicted octanol–water partition coefficient (Wildman–Crippen LogP) is 2.08. The fourth-order valence-corrected chi connectivity index (χ4v) is 3.07. The van der Waals surface area contributed by atoms with Gasteiger partial charge in [-0.05, 0) is 30.9 Å². The number of aromatic nitrogens is 1. The molecule has 0 amide bonds. The minimum absolute atomic E-state index is 0.0786. The van der Waals surface area contributed by atoms with E-state index >= 15 is 0 Å². The van der Waals surface area contributed by atoms with Gasteiger partial charge < -0.3 is 15.6 Å². The zero-order chi connectivity index (χ0) is 16.7. The topological polar surface area (TPSA) is 88.7 Å². The Morgan fingerprint density at radius 1 is 1.52 bits per heavy atom. The number of hydrogen-bond acceptors (Lipinski definition) is 6. The number of rotatable bonds is 7. The number of hydrogen-bond donors (Lipinski definition) is 2. The van der Waals surface area contributed by atoms with Crippen LogP contribution in [-0.4, -0.2) is 46.6 Å². The normalized spacial score (nSPS) is 17.2. The maximum atomic E-state index is 12.4. The molecule has 0 bridgehead atoms. The van der Waals surface area contributed by atoms with Gasteiger partial charge in [-0.3, -0.25) is 4.79 Å². The number of carboxylic acid groups (broad SMARTS) is 1. The summed E-state index contributed by atoms with van der Waals surface area (Å²) in [6, 6.07) is 3.59. The highest BCUT2D eigenvalue weighted by Gasteiger charge is 2.24. The van der Waals surface area contributed by atoms with Crippen molar-refractivity contribution in [1.29, 1.82) is 0 Å². The van der Waals surface area contributed by atoms with E-state index in [1.54, 1.807) is 24.2 Å². The maximum Gasteiger partial charge on any atom is 0.306 e. The summed E-state index contributed by atoms with van der Waals surface area (Å²) in [6.07, 6.45) is 3.46. The second-order valence-electron chi connectivity index (χ2n) is 5.23. The number of pyridine rings is 1. The standard InChI is InChI=1S/C15H20FN3O3S/c16-7-11(8-17)10-22-14-2-1-13(9-18-14)23-19-5-3-12(4-6-19)15(20)21/h1-2,7,9,12H,3-6,8,10,17H2,(H,20,21)/b11-7-. The molecular weight excluding hydrogens is 321 g/mol. The molecule has 0 aliphatic carbocycles. The third kappa shape index (κ3) is 5.49. The summed E-state index contributed by atoms with van der Waals surface area (Å²) in [4.78, 5) is 16.0.